The van der Waals surface area contributed by atoms with Gasteiger partial charge in [0.25, 0.3) is 39.0 Å². The van der Waals surface area contributed by atoms with Gasteiger partial charge in [-0.15, -0.1) is 4.57 Å². The van der Waals surface area contributed by atoms with Crippen LogP contribution in [0.3, 0.4) is 0 Å². The number of para-hydroxylation sites is 1. The molecule has 0 unspecified atom stereocenters. The van der Waals surface area contributed by atoms with Gasteiger partial charge < -0.3 is 8.82 Å². The van der Waals surface area contributed by atoms with Gasteiger partial charge in [0.05, 0.1) is 86.4 Å². The number of rotatable bonds is 1. The lowest BCUT2D eigenvalue weighted by Crippen LogP contribution is -2.32. The summed E-state index contributed by atoms with van der Waals surface area (Å²) in [5.41, 5.74) is 28.1. The summed E-state index contributed by atoms with van der Waals surface area (Å²) in [6, 6.07) is 72.8. The second kappa shape index (κ2) is 22.0. The number of pyridine rings is 10. The third-order valence-electron chi connectivity index (χ3n) is 20.9. The zero-order valence-electron chi connectivity index (χ0n) is 58.4. The van der Waals surface area contributed by atoms with E-state index in [1.807, 2.05) is 130 Å². The van der Waals surface area contributed by atoms with Crippen molar-refractivity contribution in [1.82, 2.24) is 60.6 Å². The fourth-order valence-electron chi connectivity index (χ4n) is 16.4. The topological polar surface area (TPSA) is 134 Å². The Morgan fingerprint density at radius 1 is 0.379 bits per heavy atom. The second-order valence-corrected chi connectivity index (χ2v) is 27.5. The van der Waals surface area contributed by atoms with E-state index in [0.717, 1.165) is 99.4 Å². The zero-order chi connectivity index (χ0) is 70.2. The van der Waals surface area contributed by atoms with Gasteiger partial charge >= 0.3 is 5.89 Å². The highest BCUT2D eigenvalue weighted by Gasteiger charge is 2.40. The molecule has 0 spiro atoms. The summed E-state index contributed by atoms with van der Waals surface area (Å²) in [6.07, 6.45) is 19.6. The lowest BCUT2D eigenvalue weighted by molar-refractivity contribution is -0.649. The van der Waals surface area contributed by atoms with Gasteiger partial charge in [0.1, 0.15) is 53.3 Å². The van der Waals surface area contributed by atoms with Crippen molar-refractivity contribution >= 4 is 94.0 Å². The smallest absolute Gasteiger partial charge is 0.380 e. The first-order valence-corrected chi connectivity index (χ1v) is 35.2. The van der Waals surface area contributed by atoms with Crippen LogP contribution in [0.4, 0.5) is 0 Å². The Hall–Kier alpha value is -13.5. The van der Waals surface area contributed by atoms with E-state index >= 15 is 0 Å². The van der Waals surface area contributed by atoms with Gasteiger partial charge in [-0.2, -0.15) is 9.13 Å². The maximum absolute atomic E-state index is 8.01. The summed E-state index contributed by atoms with van der Waals surface area (Å²) in [6.45, 7) is 1.69. The van der Waals surface area contributed by atoms with Crippen LogP contribution < -0.4 is 22.8 Å². The predicted octanol–water partition coefficient (Wildman–Crippen LogP) is 13.1. The lowest BCUT2D eigenvalue weighted by Gasteiger charge is -2.02. The highest BCUT2D eigenvalue weighted by atomic mass is 32.1. The second-order valence-electron chi connectivity index (χ2n) is 26.5. The number of benzene rings is 1. The molecule has 5 aliphatic heterocycles. The van der Waals surface area contributed by atoms with Crippen LogP contribution in [0, 0.1) is 0 Å². The largest absolute Gasteiger partial charge is 0.385 e. The average molecular weight is 1360 g/mol. The van der Waals surface area contributed by atoms with Crippen LogP contribution >= 0.6 is 11.3 Å². The highest BCUT2D eigenvalue weighted by molar-refractivity contribution is 7.20. The van der Waals surface area contributed by atoms with Crippen molar-refractivity contribution in [2.45, 2.75) is 32.7 Å². The molecule has 0 amide bonds. The number of imidazole rings is 3. The van der Waals surface area contributed by atoms with Crippen LogP contribution in [-0.2, 0) is 46.7 Å². The molecule has 19 nitrogen and oxygen atoms in total. The fraction of sp³-hybridized carbons (Fsp3) is 0.0843. The third kappa shape index (κ3) is 8.43. The van der Waals surface area contributed by atoms with Crippen molar-refractivity contribution in [3.8, 4) is 61.9 Å². The maximum atomic E-state index is 8.01. The molecule has 490 valence electrons. The fourth-order valence-corrected chi connectivity index (χ4v) is 17.7. The normalized spacial score (nSPS) is 13.5. The molecule has 0 bridgehead atoms. The molecule has 0 fully saturated rings. The number of fused-ring (bicyclic) bond motifs is 35. The molecular weight excluding hydrogens is 1300 g/mol. The van der Waals surface area contributed by atoms with Crippen molar-refractivity contribution in [3.05, 3.63) is 303 Å². The quantitative estimate of drug-likeness (QED) is 0.150. The van der Waals surface area contributed by atoms with Gasteiger partial charge in [0, 0.05) is 79.9 Å². The minimum atomic E-state index is -2.25. The average Bonchev–Trinajstić information content (AvgIpc) is 1.57. The van der Waals surface area contributed by atoms with Crippen molar-refractivity contribution in [3.63, 3.8) is 0 Å². The van der Waals surface area contributed by atoms with Gasteiger partial charge in [-0.1, -0.05) is 48.5 Å². The standard InChI is InChI=1S/C21H15N4.2C16H13N4.C15H10N3O.C15H10N3S/c1-2-7-15(8-3-1)25-20-17-10-6-11-22-18(17)14-24(20)19-13-16-9-4-5-12-23(16)21(19)25;2*1-18-14-9-11-5-2-3-8-19(11)16(14)20-10-13-12(15(18)20)6-4-7-17-13;2*1-2-7-17-10(4-1)8-13-15(17)19-14-11-5-3-6-16-12(11)9-18(13)14/h1-13H,14H2;2*2-9H,10H2,1H3;2*1-8H,9H2/q5*+1/i;1D3;;;. The number of hydrogen-bond acceptors (Lipinski definition) is 7. The number of thiazole rings is 1. The van der Waals surface area contributed by atoms with Crippen LogP contribution in [0.15, 0.2) is 279 Å². The van der Waals surface area contributed by atoms with Crippen LogP contribution in [0.2, 0.25) is 0 Å². The first-order chi connectivity index (χ1) is 52.1. The van der Waals surface area contributed by atoms with Crippen molar-refractivity contribution in [2.75, 3.05) is 0 Å². The molecular formula is C83H61N18OS+5. The molecule has 20 aromatic heterocycles. The van der Waals surface area contributed by atoms with E-state index in [4.69, 9.17) is 8.53 Å². The summed E-state index contributed by atoms with van der Waals surface area (Å²) in [7, 11) is 2.13. The number of oxazole rings is 1. The molecule has 0 aliphatic carbocycles. The third-order valence-corrected chi connectivity index (χ3v) is 22.1. The lowest BCUT2D eigenvalue weighted by atomic mass is 10.2. The Balaban J connectivity index is 0.0000000830. The van der Waals surface area contributed by atoms with Gasteiger partial charge in [-0.25, -0.2) is 22.5 Å². The molecule has 25 heterocycles. The summed E-state index contributed by atoms with van der Waals surface area (Å²) in [5, 5.41) is 1.33. The summed E-state index contributed by atoms with van der Waals surface area (Å²) < 4.78 is 58.5. The molecule has 5 aliphatic rings. The van der Waals surface area contributed by atoms with E-state index in [1.54, 1.807) is 6.20 Å². The molecule has 0 saturated heterocycles. The first kappa shape index (κ1) is 54.5. The minimum Gasteiger partial charge on any atom is -0.380 e. The monoisotopic (exact) mass is 1360 g/mol. The SMILES string of the molecule is Cn1c2[n+](c3c1cc1ccccn13)Cc1ncccc1-2.[2H]C([2H])([2H])n1c2[n+](c3c1cc1ccccn13)Cc1ncccc1-2.c1ccc(-n2c3[n+](c4cc5ccccn5c42)Cc2ncccc2-3)cc1.c1cnc2c(c1)-c1oc3c(cc4ccccn43)[n+]1C2.c1cnc2c(c1)-c1sc3c(cc4ccccn43)[n+]1C2. The molecule has 0 radical (unpaired) electrons. The summed E-state index contributed by atoms with van der Waals surface area (Å²) >= 11 is 1.85. The summed E-state index contributed by atoms with van der Waals surface area (Å²) in [5.74, 6) is 4.07. The van der Waals surface area contributed by atoms with Crippen LogP contribution in [0.1, 0.15) is 32.6 Å². The molecule has 0 atom stereocenters. The number of hydrogen-bond donors (Lipinski definition) is 0. The van der Waals surface area contributed by atoms with Crippen LogP contribution in [0.25, 0.3) is 145 Å². The van der Waals surface area contributed by atoms with E-state index in [2.05, 4.69) is 235 Å². The predicted molar refractivity (Wildman–Crippen MR) is 395 cm³/mol. The molecule has 0 saturated carbocycles. The molecule has 26 rings (SSSR count). The van der Waals surface area contributed by atoms with E-state index < -0.39 is 6.98 Å². The Labute approximate surface area is 594 Å². The van der Waals surface area contributed by atoms with E-state index in [9.17, 15) is 0 Å². The Bertz CT molecular complexity index is 7080. The highest BCUT2D eigenvalue weighted by Crippen LogP contribution is 2.39. The molecule has 21 aromatic rings. The Kier molecular flexibility index (Phi) is 11.6. The van der Waals surface area contributed by atoms with E-state index in [-0.39, 0.29) is 0 Å². The molecule has 1 aromatic carbocycles. The zero-order valence-corrected chi connectivity index (χ0v) is 56.2. The maximum Gasteiger partial charge on any atom is 0.385 e. The van der Waals surface area contributed by atoms with Gasteiger partial charge in [0.15, 0.2) is 34.5 Å². The Morgan fingerprint density at radius 2 is 0.816 bits per heavy atom. The number of aromatic nitrogens is 18. The van der Waals surface area contributed by atoms with Gasteiger partial charge in [0.2, 0.25) is 17.2 Å². The van der Waals surface area contributed by atoms with E-state index in [0.29, 0.717) is 12.4 Å². The molecule has 0 N–H and O–H groups in total. The van der Waals surface area contributed by atoms with Crippen molar-refractivity contribution < 1.29 is 31.4 Å². The van der Waals surface area contributed by atoms with Crippen molar-refractivity contribution in [2.24, 2.45) is 14.0 Å². The van der Waals surface area contributed by atoms with Crippen LogP contribution in [0.5, 0.6) is 0 Å². The molecule has 20 heteroatoms. The van der Waals surface area contributed by atoms with Gasteiger partial charge in [-0.3, -0.25) is 42.9 Å². The Morgan fingerprint density at radius 3 is 1.43 bits per heavy atom. The summed E-state index contributed by atoms with van der Waals surface area (Å²) in [4.78, 5) is 23.8. The van der Waals surface area contributed by atoms with Gasteiger partial charge in [-0.05, 0) is 145 Å². The van der Waals surface area contributed by atoms with Crippen molar-refractivity contribution in [1.29, 1.82) is 0 Å². The minimum absolute atomic E-state index is 0.589. The first-order valence-electron chi connectivity index (χ1n) is 35.8. The molecule has 103 heavy (non-hydrogen) atoms. The van der Waals surface area contributed by atoms with E-state index in [1.165, 1.54) is 98.5 Å². The van der Waals surface area contributed by atoms with Crippen LogP contribution in [-0.4, -0.2) is 60.6 Å². The number of nitrogens with zero attached hydrogens (tertiary/aromatic N) is 18. The number of aryl methyl sites for hydroxylation is 2.